The van der Waals surface area contributed by atoms with E-state index < -0.39 is 0 Å². The van der Waals surface area contributed by atoms with Crippen molar-refractivity contribution in [2.24, 2.45) is 5.92 Å². The first-order valence-corrected chi connectivity index (χ1v) is 10.1. The largest absolute Gasteiger partial charge is 0.342 e. The van der Waals surface area contributed by atoms with Crippen molar-refractivity contribution >= 4 is 5.91 Å². The Balaban J connectivity index is 1.46. The number of rotatable bonds is 3. The van der Waals surface area contributed by atoms with E-state index >= 15 is 0 Å². The van der Waals surface area contributed by atoms with Crippen LogP contribution in [-0.4, -0.2) is 28.9 Å². The van der Waals surface area contributed by atoms with Gasteiger partial charge >= 0.3 is 0 Å². The van der Waals surface area contributed by atoms with Crippen molar-refractivity contribution in [1.29, 1.82) is 0 Å². The first-order valence-electron chi connectivity index (χ1n) is 10.1. The van der Waals surface area contributed by atoms with Crippen LogP contribution in [0.5, 0.6) is 0 Å². The highest BCUT2D eigenvalue weighted by Crippen LogP contribution is 2.33. The summed E-state index contributed by atoms with van der Waals surface area (Å²) in [6.07, 6.45) is 6.48. The minimum Gasteiger partial charge on any atom is -0.342 e. The van der Waals surface area contributed by atoms with Crippen LogP contribution in [0.1, 0.15) is 55.8 Å². The number of likely N-dealkylation sites (tertiary alicyclic amines) is 1. The molecule has 1 aromatic heterocycles. The van der Waals surface area contributed by atoms with Gasteiger partial charge in [-0.15, -0.1) is 0 Å². The number of benzene rings is 1. The topological polar surface area (TPSA) is 33.2 Å². The average molecular weight is 366 g/mol. The number of hydrogen-bond donors (Lipinski definition) is 0. The van der Waals surface area contributed by atoms with Crippen molar-refractivity contribution in [2.45, 2.75) is 51.4 Å². The van der Waals surface area contributed by atoms with E-state index in [9.17, 15) is 9.18 Å². The minimum absolute atomic E-state index is 0.218. The Morgan fingerprint density at radius 1 is 1.00 bits per heavy atom. The Bertz CT molecular complexity index is 804. The summed E-state index contributed by atoms with van der Waals surface area (Å²) < 4.78 is 13.2. The third-order valence-electron chi connectivity index (χ3n) is 6.08. The lowest BCUT2D eigenvalue weighted by Crippen LogP contribution is -2.40. The third-order valence-corrected chi connectivity index (χ3v) is 6.08. The van der Waals surface area contributed by atoms with Gasteiger partial charge in [-0.3, -0.25) is 9.78 Å². The van der Waals surface area contributed by atoms with Gasteiger partial charge in [0.15, 0.2) is 0 Å². The van der Waals surface area contributed by atoms with E-state index in [-0.39, 0.29) is 11.7 Å². The summed E-state index contributed by atoms with van der Waals surface area (Å²) in [6.45, 7) is 3.68. The summed E-state index contributed by atoms with van der Waals surface area (Å²) in [4.78, 5) is 19.5. The van der Waals surface area contributed by atoms with E-state index in [0.717, 1.165) is 61.3 Å². The quantitative estimate of drug-likeness (QED) is 0.758. The number of amides is 1. The fourth-order valence-electron chi connectivity index (χ4n) is 4.54. The molecule has 1 aliphatic carbocycles. The Kier molecular flexibility index (Phi) is 5.24. The van der Waals surface area contributed by atoms with E-state index in [4.69, 9.17) is 4.98 Å². The van der Waals surface area contributed by atoms with Gasteiger partial charge in [0.25, 0.3) is 0 Å². The van der Waals surface area contributed by atoms with Gasteiger partial charge in [0.1, 0.15) is 5.82 Å². The van der Waals surface area contributed by atoms with Gasteiger partial charge in [-0.2, -0.15) is 0 Å². The molecule has 2 fully saturated rings. The van der Waals surface area contributed by atoms with E-state index in [2.05, 4.69) is 17.0 Å². The second-order valence-electron chi connectivity index (χ2n) is 8.01. The van der Waals surface area contributed by atoms with E-state index in [1.807, 2.05) is 19.1 Å². The van der Waals surface area contributed by atoms with Gasteiger partial charge in [0.05, 0.1) is 0 Å². The lowest BCUT2D eigenvalue weighted by molar-refractivity contribution is -0.136. The van der Waals surface area contributed by atoms with Crippen LogP contribution >= 0.6 is 0 Å². The zero-order valence-corrected chi connectivity index (χ0v) is 16.0. The number of aryl methyl sites for hydroxylation is 1. The molecular weight excluding hydrogens is 339 g/mol. The molecule has 0 spiro atoms. The molecule has 1 saturated heterocycles. The molecule has 0 bridgehead atoms. The molecule has 27 heavy (non-hydrogen) atoms. The fourth-order valence-corrected chi connectivity index (χ4v) is 4.54. The first-order chi connectivity index (χ1) is 13.1. The number of halogens is 1. The summed E-state index contributed by atoms with van der Waals surface area (Å²) >= 11 is 0. The molecule has 4 heteroatoms. The van der Waals surface area contributed by atoms with Crippen LogP contribution in [0.3, 0.4) is 0 Å². The molecule has 2 aromatic rings. The first kappa shape index (κ1) is 18.1. The van der Waals surface area contributed by atoms with Crippen LogP contribution in [0.15, 0.2) is 36.4 Å². The Labute approximate surface area is 160 Å². The Morgan fingerprint density at radius 3 is 2.33 bits per heavy atom. The highest BCUT2D eigenvalue weighted by Gasteiger charge is 2.30. The molecule has 4 rings (SSSR count). The molecule has 0 radical (unpaired) electrons. The maximum absolute atomic E-state index is 13.2. The number of aromatic nitrogens is 1. The van der Waals surface area contributed by atoms with Gasteiger partial charge in [0.2, 0.25) is 5.91 Å². The van der Waals surface area contributed by atoms with Crippen molar-refractivity contribution in [3.8, 4) is 11.1 Å². The number of piperidine rings is 1. The van der Waals surface area contributed by atoms with E-state index in [0.29, 0.717) is 11.8 Å². The van der Waals surface area contributed by atoms with Gasteiger partial charge in [-0.05, 0) is 68.0 Å². The van der Waals surface area contributed by atoms with Crippen molar-refractivity contribution in [1.82, 2.24) is 9.88 Å². The number of hydrogen-bond acceptors (Lipinski definition) is 2. The van der Waals surface area contributed by atoms with E-state index in [1.54, 1.807) is 0 Å². The van der Waals surface area contributed by atoms with E-state index in [1.165, 1.54) is 25.0 Å². The van der Waals surface area contributed by atoms with Crippen LogP contribution in [0.4, 0.5) is 4.39 Å². The van der Waals surface area contributed by atoms with Crippen molar-refractivity contribution in [3.05, 3.63) is 53.6 Å². The van der Waals surface area contributed by atoms with Crippen LogP contribution in [0.25, 0.3) is 11.1 Å². The van der Waals surface area contributed by atoms with Gasteiger partial charge in [-0.1, -0.05) is 25.0 Å². The van der Waals surface area contributed by atoms with Crippen molar-refractivity contribution < 1.29 is 9.18 Å². The summed E-state index contributed by atoms with van der Waals surface area (Å²) in [7, 11) is 0. The van der Waals surface area contributed by atoms with Gasteiger partial charge in [-0.25, -0.2) is 4.39 Å². The number of nitrogens with zero attached hydrogens (tertiary/aromatic N) is 2. The molecule has 1 aliphatic heterocycles. The number of carbonyl (C=O) groups is 1. The summed E-state index contributed by atoms with van der Waals surface area (Å²) in [5, 5.41) is 0. The van der Waals surface area contributed by atoms with Crippen LogP contribution in [-0.2, 0) is 4.79 Å². The maximum atomic E-state index is 13.2. The smallest absolute Gasteiger partial charge is 0.225 e. The predicted octanol–water partition coefficient (Wildman–Crippen LogP) is 5.09. The molecule has 0 unspecified atom stereocenters. The molecule has 1 aromatic carbocycles. The molecule has 3 nitrogen and oxygen atoms in total. The van der Waals surface area contributed by atoms with Crippen molar-refractivity contribution in [2.75, 3.05) is 13.1 Å². The lowest BCUT2D eigenvalue weighted by Gasteiger charge is -2.33. The summed E-state index contributed by atoms with van der Waals surface area (Å²) in [5.41, 5.74) is 4.18. The third kappa shape index (κ3) is 4.05. The zero-order valence-electron chi connectivity index (χ0n) is 16.0. The number of carbonyl (C=O) groups excluding carboxylic acids is 1. The maximum Gasteiger partial charge on any atom is 0.225 e. The standard InChI is InChI=1S/C23H27FN2O/c1-16-14-20(17-6-8-21(24)9-7-17)15-22(25-16)18-10-12-26(13-11-18)23(27)19-4-2-3-5-19/h6-9,14-15,18-19H,2-5,10-13H2,1H3. The average Bonchev–Trinajstić information content (AvgIpc) is 3.22. The van der Waals surface area contributed by atoms with Crippen LogP contribution < -0.4 is 0 Å². The molecule has 2 aliphatic rings. The molecule has 0 N–H and O–H groups in total. The highest BCUT2D eigenvalue weighted by atomic mass is 19.1. The molecule has 2 heterocycles. The number of pyridine rings is 1. The van der Waals surface area contributed by atoms with Gasteiger partial charge < -0.3 is 4.90 Å². The van der Waals surface area contributed by atoms with Crippen molar-refractivity contribution in [3.63, 3.8) is 0 Å². The summed E-state index contributed by atoms with van der Waals surface area (Å²) in [5.74, 6) is 0.805. The fraction of sp³-hybridized carbons (Fsp3) is 0.478. The molecule has 1 amide bonds. The Morgan fingerprint density at radius 2 is 1.67 bits per heavy atom. The molecule has 142 valence electrons. The summed E-state index contributed by atoms with van der Waals surface area (Å²) in [6, 6.07) is 10.8. The SMILES string of the molecule is Cc1cc(-c2ccc(F)cc2)cc(C2CCN(C(=O)C3CCCC3)CC2)n1. The normalized spacial score (nSPS) is 18.8. The predicted molar refractivity (Wildman–Crippen MR) is 105 cm³/mol. The van der Waals surface area contributed by atoms with Crippen LogP contribution in [0.2, 0.25) is 0 Å². The minimum atomic E-state index is -0.218. The highest BCUT2D eigenvalue weighted by molar-refractivity contribution is 5.79. The molecular formula is C23H27FN2O. The Hall–Kier alpha value is -2.23. The second-order valence-corrected chi connectivity index (χ2v) is 8.01. The lowest BCUT2D eigenvalue weighted by atomic mass is 9.90. The van der Waals surface area contributed by atoms with Gasteiger partial charge in [0, 0.05) is 36.3 Å². The molecule has 1 saturated carbocycles. The monoisotopic (exact) mass is 366 g/mol. The second kappa shape index (κ2) is 7.79. The molecule has 0 atom stereocenters. The zero-order chi connectivity index (χ0) is 18.8. The van der Waals surface area contributed by atoms with Crippen LogP contribution in [0, 0.1) is 18.7 Å².